The molecule has 2 aliphatic rings. The number of nitrogens with zero attached hydrogens (tertiary/aromatic N) is 2. The number of likely N-dealkylation sites (tertiary alicyclic amines) is 1. The molecule has 2 bridgehead atoms. The summed E-state index contributed by atoms with van der Waals surface area (Å²) in [4.78, 5) is 15.4. The van der Waals surface area contributed by atoms with Crippen molar-refractivity contribution in [3.8, 4) is 11.1 Å². The van der Waals surface area contributed by atoms with E-state index in [1.807, 2.05) is 41.0 Å². The van der Waals surface area contributed by atoms with E-state index in [0.717, 1.165) is 35.2 Å². The van der Waals surface area contributed by atoms with Crippen LogP contribution in [0.2, 0.25) is 0 Å². The molecule has 1 saturated heterocycles. The Morgan fingerprint density at radius 2 is 1.91 bits per heavy atom. The summed E-state index contributed by atoms with van der Waals surface area (Å²) in [5, 5.41) is 0. The summed E-state index contributed by atoms with van der Waals surface area (Å²) < 4.78 is 3.10. The molecule has 1 fully saturated rings. The van der Waals surface area contributed by atoms with Crippen molar-refractivity contribution in [3.05, 3.63) is 56.9 Å². The van der Waals surface area contributed by atoms with E-state index in [2.05, 4.69) is 27.9 Å². The highest BCUT2D eigenvalue weighted by atomic mass is 79.9. The summed E-state index contributed by atoms with van der Waals surface area (Å²) >= 11 is 3.73. The van der Waals surface area contributed by atoms with Crippen molar-refractivity contribution in [1.29, 1.82) is 0 Å². The number of benzene rings is 1. The lowest BCUT2D eigenvalue weighted by molar-refractivity contribution is 0.144. The topological polar surface area (TPSA) is 25.2 Å². The van der Waals surface area contributed by atoms with Crippen molar-refractivity contribution >= 4 is 15.9 Å². The molecule has 0 radical (unpaired) electrons. The first-order valence-corrected chi connectivity index (χ1v) is 8.60. The van der Waals surface area contributed by atoms with Crippen molar-refractivity contribution < 1.29 is 0 Å². The van der Waals surface area contributed by atoms with Crippen LogP contribution >= 0.6 is 15.9 Å². The summed E-state index contributed by atoms with van der Waals surface area (Å²) in [6.45, 7) is 2.98. The quantitative estimate of drug-likeness (QED) is 0.781. The van der Waals surface area contributed by atoms with Gasteiger partial charge in [0.1, 0.15) is 0 Å². The van der Waals surface area contributed by atoms with Crippen LogP contribution in [0, 0.1) is 5.92 Å². The van der Waals surface area contributed by atoms with E-state index in [1.165, 1.54) is 12.1 Å². The van der Waals surface area contributed by atoms with Crippen molar-refractivity contribution in [2.75, 3.05) is 20.1 Å². The van der Waals surface area contributed by atoms with Crippen LogP contribution < -0.4 is 5.56 Å². The van der Waals surface area contributed by atoms with Crippen molar-refractivity contribution in [3.63, 3.8) is 0 Å². The lowest BCUT2D eigenvalue weighted by Crippen LogP contribution is -2.46. The second-order valence-corrected chi connectivity index (χ2v) is 7.45. The van der Waals surface area contributed by atoms with Crippen molar-refractivity contribution in [2.24, 2.45) is 5.92 Å². The van der Waals surface area contributed by atoms with Gasteiger partial charge in [0.15, 0.2) is 0 Å². The van der Waals surface area contributed by atoms with Gasteiger partial charge in [0.25, 0.3) is 5.56 Å². The van der Waals surface area contributed by atoms with Crippen LogP contribution in [0.1, 0.15) is 18.0 Å². The van der Waals surface area contributed by atoms with E-state index in [4.69, 9.17) is 0 Å². The van der Waals surface area contributed by atoms with Crippen LogP contribution in [-0.2, 0) is 6.54 Å². The molecule has 0 N–H and O–H groups in total. The first kappa shape index (κ1) is 14.2. The summed E-state index contributed by atoms with van der Waals surface area (Å²) in [5.74, 6) is 1.05. The summed E-state index contributed by atoms with van der Waals surface area (Å²) in [6.07, 6.45) is 1.20. The molecule has 1 aromatic heterocycles. The Kier molecular flexibility index (Phi) is 3.46. The summed E-state index contributed by atoms with van der Waals surface area (Å²) in [7, 11) is 2.18. The predicted octanol–water partition coefficient (Wildman–Crippen LogP) is 3.33. The first-order valence-electron chi connectivity index (χ1n) is 7.80. The SMILES string of the molecule is CN1CC2CC(C1)c1c(Br)cc(-c3ccccc3)c(=O)n1C2. The number of hydrogen-bond acceptors (Lipinski definition) is 2. The predicted molar refractivity (Wildman–Crippen MR) is 92.2 cm³/mol. The third kappa shape index (κ3) is 2.25. The van der Waals surface area contributed by atoms with Gasteiger partial charge in [-0.3, -0.25) is 4.79 Å². The fraction of sp³-hybridized carbons (Fsp3) is 0.389. The molecular formula is C18H19BrN2O. The fourth-order valence-corrected chi connectivity index (χ4v) is 4.87. The lowest BCUT2D eigenvalue weighted by Gasteiger charge is -2.42. The molecule has 3 heterocycles. The fourth-order valence-electron chi connectivity index (χ4n) is 4.10. The molecule has 2 aliphatic heterocycles. The first-order chi connectivity index (χ1) is 10.6. The Balaban J connectivity index is 1.90. The third-order valence-corrected chi connectivity index (χ3v) is 5.55. The molecule has 3 nitrogen and oxygen atoms in total. The van der Waals surface area contributed by atoms with Gasteiger partial charge < -0.3 is 9.47 Å². The van der Waals surface area contributed by atoms with E-state index in [0.29, 0.717) is 11.8 Å². The Bertz CT molecular complexity index is 769. The summed E-state index contributed by atoms with van der Waals surface area (Å²) in [6, 6.07) is 12.0. The van der Waals surface area contributed by atoms with Crippen LogP contribution in [0.5, 0.6) is 0 Å². The number of aromatic nitrogens is 1. The molecule has 0 spiro atoms. The Hall–Kier alpha value is -1.39. The highest BCUT2D eigenvalue weighted by Crippen LogP contribution is 2.39. The molecule has 2 aromatic rings. The van der Waals surface area contributed by atoms with Gasteiger partial charge in [-0.15, -0.1) is 0 Å². The monoisotopic (exact) mass is 358 g/mol. The van der Waals surface area contributed by atoms with Gasteiger partial charge in [0, 0.05) is 41.3 Å². The van der Waals surface area contributed by atoms with Gasteiger partial charge in [-0.1, -0.05) is 30.3 Å². The van der Waals surface area contributed by atoms with Gasteiger partial charge in [-0.05, 0) is 46.9 Å². The maximum Gasteiger partial charge on any atom is 0.258 e. The number of rotatable bonds is 1. The molecule has 1 aromatic carbocycles. The van der Waals surface area contributed by atoms with E-state index in [1.54, 1.807) is 0 Å². The highest BCUT2D eigenvalue weighted by Gasteiger charge is 2.35. The van der Waals surface area contributed by atoms with Crippen LogP contribution in [0.3, 0.4) is 0 Å². The second kappa shape index (κ2) is 5.36. The van der Waals surface area contributed by atoms with E-state index in [-0.39, 0.29) is 5.56 Å². The lowest BCUT2D eigenvalue weighted by atomic mass is 9.83. The van der Waals surface area contributed by atoms with Gasteiger partial charge in [0.2, 0.25) is 0 Å². The van der Waals surface area contributed by atoms with Gasteiger partial charge in [0.05, 0.1) is 0 Å². The number of hydrogen-bond donors (Lipinski definition) is 0. The maximum atomic E-state index is 13.0. The van der Waals surface area contributed by atoms with Gasteiger partial charge >= 0.3 is 0 Å². The zero-order valence-electron chi connectivity index (χ0n) is 12.6. The summed E-state index contributed by atoms with van der Waals surface area (Å²) in [5.41, 5.74) is 3.14. The number of fused-ring (bicyclic) bond motifs is 4. The van der Waals surface area contributed by atoms with E-state index >= 15 is 0 Å². The highest BCUT2D eigenvalue weighted by molar-refractivity contribution is 9.10. The zero-order chi connectivity index (χ0) is 15.3. The number of piperidine rings is 1. The number of halogens is 1. The molecule has 0 aliphatic carbocycles. The minimum Gasteiger partial charge on any atom is -0.310 e. The zero-order valence-corrected chi connectivity index (χ0v) is 14.2. The minimum absolute atomic E-state index is 0.156. The van der Waals surface area contributed by atoms with E-state index < -0.39 is 0 Å². The number of pyridine rings is 1. The molecule has 0 saturated carbocycles. The number of likely N-dealkylation sites (N-methyl/N-ethyl adjacent to an activating group) is 1. The Labute approximate surface area is 138 Å². The second-order valence-electron chi connectivity index (χ2n) is 6.59. The average molecular weight is 359 g/mol. The van der Waals surface area contributed by atoms with Crippen LogP contribution in [0.25, 0.3) is 11.1 Å². The minimum atomic E-state index is 0.156. The third-order valence-electron chi connectivity index (χ3n) is 4.91. The molecule has 2 atom stereocenters. The van der Waals surface area contributed by atoms with E-state index in [9.17, 15) is 4.79 Å². The average Bonchev–Trinajstić information content (AvgIpc) is 2.50. The maximum absolute atomic E-state index is 13.0. The molecule has 4 rings (SSSR count). The van der Waals surface area contributed by atoms with Crippen molar-refractivity contribution in [2.45, 2.75) is 18.9 Å². The molecule has 0 amide bonds. The standard InChI is InChI=1S/C18H19BrN2O/c1-20-9-12-7-14(11-20)17-16(19)8-15(18(22)21(17)10-12)13-5-3-2-4-6-13/h2-6,8,12,14H,7,9-11H2,1H3. The van der Waals surface area contributed by atoms with Crippen LogP contribution in [0.15, 0.2) is 45.7 Å². The van der Waals surface area contributed by atoms with Gasteiger partial charge in [-0.2, -0.15) is 0 Å². The van der Waals surface area contributed by atoms with Gasteiger partial charge in [-0.25, -0.2) is 0 Å². The molecule has 22 heavy (non-hydrogen) atoms. The largest absolute Gasteiger partial charge is 0.310 e. The normalized spacial score (nSPS) is 24.1. The Morgan fingerprint density at radius 3 is 2.68 bits per heavy atom. The van der Waals surface area contributed by atoms with Crippen LogP contribution in [-0.4, -0.2) is 29.6 Å². The van der Waals surface area contributed by atoms with Crippen molar-refractivity contribution in [1.82, 2.24) is 9.47 Å². The molecule has 2 unspecified atom stereocenters. The molecule has 4 heteroatoms. The smallest absolute Gasteiger partial charge is 0.258 e. The molecular weight excluding hydrogens is 340 g/mol. The Morgan fingerprint density at radius 1 is 1.14 bits per heavy atom. The molecule has 114 valence electrons. The van der Waals surface area contributed by atoms with Crippen LogP contribution in [0.4, 0.5) is 0 Å².